The minimum Gasteiger partial charge on any atom is -0.377 e. The molecule has 2 amide bonds. The van der Waals surface area contributed by atoms with Gasteiger partial charge in [-0.25, -0.2) is 9.78 Å². The number of thiophene rings is 1. The fourth-order valence-corrected chi connectivity index (χ4v) is 4.14. The molecule has 1 atom stereocenters. The third-order valence-corrected chi connectivity index (χ3v) is 5.59. The number of hydrogen-bond donors (Lipinski definition) is 1. The van der Waals surface area contributed by atoms with Crippen molar-refractivity contribution in [2.45, 2.75) is 26.4 Å². The fourth-order valence-electron chi connectivity index (χ4n) is 2.42. The molecule has 1 fully saturated rings. The van der Waals surface area contributed by atoms with Gasteiger partial charge in [-0.1, -0.05) is 0 Å². The van der Waals surface area contributed by atoms with E-state index in [0.717, 1.165) is 10.7 Å². The van der Waals surface area contributed by atoms with Crippen LogP contribution in [0.3, 0.4) is 0 Å². The Bertz CT molecular complexity index is 653. The van der Waals surface area contributed by atoms with Gasteiger partial charge in [0.15, 0.2) is 0 Å². The van der Waals surface area contributed by atoms with Gasteiger partial charge in [-0.3, -0.25) is 0 Å². The maximum Gasteiger partial charge on any atom is 0.318 e. The lowest BCUT2D eigenvalue weighted by Gasteiger charge is -2.34. The Kier molecular flexibility index (Phi) is 4.75. The third-order valence-electron chi connectivity index (χ3n) is 3.52. The number of carbonyl (C=O) groups excluding carboxylic acids is 1. The quantitative estimate of drug-likeness (QED) is 0.936. The van der Waals surface area contributed by atoms with Crippen LogP contribution in [0.25, 0.3) is 0 Å². The molecule has 118 valence electrons. The Labute approximate surface area is 137 Å². The summed E-state index contributed by atoms with van der Waals surface area (Å²) in [6.07, 6.45) is 0. The molecule has 3 rings (SSSR count). The summed E-state index contributed by atoms with van der Waals surface area (Å²) in [5.74, 6) is 0. The third kappa shape index (κ3) is 3.48. The topological polar surface area (TPSA) is 54.5 Å². The summed E-state index contributed by atoms with van der Waals surface area (Å²) in [4.78, 5) is 21.3. The number of morpholine rings is 1. The zero-order valence-corrected chi connectivity index (χ0v) is 14.3. The first-order valence-electron chi connectivity index (χ1n) is 7.23. The minimum atomic E-state index is -0.0856. The summed E-state index contributed by atoms with van der Waals surface area (Å²) >= 11 is 3.29. The second kappa shape index (κ2) is 6.76. The number of aryl methyl sites for hydroxylation is 2. The Morgan fingerprint density at radius 1 is 1.50 bits per heavy atom. The van der Waals surface area contributed by atoms with Crippen molar-refractivity contribution in [2.75, 3.05) is 19.8 Å². The Balaban J connectivity index is 1.66. The summed E-state index contributed by atoms with van der Waals surface area (Å²) in [5, 5.41) is 5.96. The SMILES string of the molecule is Cc1csc([C@@H]2COCCN2C(=O)NCc2ccc(C)s2)n1. The number of urea groups is 1. The van der Waals surface area contributed by atoms with Gasteiger partial charge in [0.1, 0.15) is 11.0 Å². The molecule has 0 spiro atoms. The van der Waals surface area contributed by atoms with Crippen LogP contribution in [0, 0.1) is 13.8 Å². The Morgan fingerprint density at radius 3 is 3.05 bits per heavy atom. The van der Waals surface area contributed by atoms with Crippen LogP contribution in [-0.4, -0.2) is 35.7 Å². The smallest absolute Gasteiger partial charge is 0.318 e. The van der Waals surface area contributed by atoms with Gasteiger partial charge in [0.05, 0.1) is 19.8 Å². The number of ether oxygens (including phenoxy) is 1. The van der Waals surface area contributed by atoms with Crippen molar-refractivity contribution in [1.82, 2.24) is 15.2 Å². The summed E-state index contributed by atoms with van der Waals surface area (Å²) in [5.41, 5.74) is 0.986. The highest BCUT2D eigenvalue weighted by molar-refractivity contribution is 7.11. The Morgan fingerprint density at radius 2 is 2.36 bits per heavy atom. The molecule has 2 aromatic heterocycles. The van der Waals surface area contributed by atoms with Gasteiger partial charge < -0.3 is 15.0 Å². The molecule has 0 radical (unpaired) electrons. The molecule has 1 saturated heterocycles. The predicted molar refractivity (Wildman–Crippen MR) is 88.4 cm³/mol. The average molecular weight is 337 g/mol. The highest BCUT2D eigenvalue weighted by atomic mass is 32.1. The second-order valence-corrected chi connectivity index (χ2v) is 7.54. The van der Waals surface area contributed by atoms with Crippen molar-refractivity contribution >= 4 is 28.7 Å². The van der Waals surface area contributed by atoms with Crippen molar-refractivity contribution in [1.29, 1.82) is 0 Å². The van der Waals surface area contributed by atoms with Gasteiger partial charge in [-0.05, 0) is 26.0 Å². The molecule has 0 aromatic carbocycles. The van der Waals surface area contributed by atoms with E-state index in [1.54, 1.807) is 22.7 Å². The van der Waals surface area contributed by atoms with Gasteiger partial charge in [-0.15, -0.1) is 22.7 Å². The van der Waals surface area contributed by atoms with E-state index in [9.17, 15) is 4.79 Å². The monoisotopic (exact) mass is 337 g/mol. The summed E-state index contributed by atoms with van der Waals surface area (Å²) in [6.45, 7) is 6.29. The van der Waals surface area contributed by atoms with Crippen molar-refractivity contribution in [3.05, 3.63) is 38.0 Å². The van der Waals surface area contributed by atoms with E-state index in [0.29, 0.717) is 26.3 Å². The maximum absolute atomic E-state index is 12.5. The Hall–Kier alpha value is -1.44. The number of aromatic nitrogens is 1. The number of carbonyl (C=O) groups is 1. The molecule has 22 heavy (non-hydrogen) atoms. The highest BCUT2D eigenvalue weighted by Gasteiger charge is 2.30. The predicted octanol–water partition coefficient (Wildman–Crippen LogP) is 3.10. The normalized spacial score (nSPS) is 18.5. The number of hydrogen-bond acceptors (Lipinski definition) is 5. The van der Waals surface area contributed by atoms with Crippen LogP contribution in [0.5, 0.6) is 0 Å². The number of nitrogens with one attached hydrogen (secondary N) is 1. The molecule has 0 saturated carbocycles. The zero-order chi connectivity index (χ0) is 15.5. The van der Waals surface area contributed by atoms with E-state index in [4.69, 9.17) is 4.74 Å². The van der Waals surface area contributed by atoms with Gasteiger partial charge in [0.2, 0.25) is 0 Å². The van der Waals surface area contributed by atoms with Crippen LogP contribution in [0.15, 0.2) is 17.5 Å². The van der Waals surface area contributed by atoms with Crippen molar-refractivity contribution < 1.29 is 9.53 Å². The second-order valence-electron chi connectivity index (χ2n) is 5.28. The van der Waals surface area contributed by atoms with Crippen LogP contribution in [0.1, 0.15) is 26.5 Å². The fraction of sp³-hybridized carbons (Fsp3) is 0.467. The van der Waals surface area contributed by atoms with Crippen LogP contribution in [-0.2, 0) is 11.3 Å². The van der Waals surface area contributed by atoms with Crippen LogP contribution in [0.2, 0.25) is 0 Å². The molecular weight excluding hydrogens is 318 g/mol. The standard InChI is InChI=1S/C15H19N3O2S2/c1-10-9-21-14(17-10)13-8-20-6-5-18(13)15(19)16-7-12-4-3-11(2)22-12/h3-4,9,13H,5-8H2,1-2H3,(H,16,19)/t13-/m0/s1. The van der Waals surface area contributed by atoms with Gasteiger partial charge in [-0.2, -0.15) is 0 Å². The molecule has 7 heteroatoms. The molecule has 5 nitrogen and oxygen atoms in total. The van der Waals surface area contributed by atoms with Crippen LogP contribution in [0.4, 0.5) is 4.79 Å². The first-order valence-corrected chi connectivity index (χ1v) is 8.92. The first kappa shape index (κ1) is 15.5. The van der Waals surface area contributed by atoms with Crippen LogP contribution < -0.4 is 5.32 Å². The van der Waals surface area contributed by atoms with Crippen molar-refractivity contribution in [3.8, 4) is 0 Å². The molecule has 1 aliphatic rings. The number of nitrogens with zero attached hydrogens (tertiary/aromatic N) is 2. The van der Waals surface area contributed by atoms with Crippen LogP contribution >= 0.6 is 22.7 Å². The van der Waals surface area contributed by atoms with Gasteiger partial charge >= 0.3 is 6.03 Å². The number of amides is 2. The molecule has 1 aliphatic heterocycles. The molecule has 1 N–H and O–H groups in total. The zero-order valence-electron chi connectivity index (χ0n) is 12.7. The number of thiazole rings is 1. The van der Waals surface area contributed by atoms with Gasteiger partial charge in [0.25, 0.3) is 0 Å². The molecule has 0 bridgehead atoms. The summed E-state index contributed by atoms with van der Waals surface area (Å²) in [6, 6.07) is 3.99. The summed E-state index contributed by atoms with van der Waals surface area (Å²) in [7, 11) is 0. The van der Waals surface area contributed by atoms with E-state index in [1.807, 2.05) is 17.2 Å². The lowest BCUT2D eigenvalue weighted by atomic mass is 10.2. The van der Waals surface area contributed by atoms with Gasteiger partial charge in [0, 0.05) is 27.4 Å². The lowest BCUT2D eigenvalue weighted by Crippen LogP contribution is -2.47. The molecule has 2 aromatic rings. The largest absolute Gasteiger partial charge is 0.377 e. The van der Waals surface area contributed by atoms with Crippen molar-refractivity contribution in [2.24, 2.45) is 0 Å². The molecular formula is C15H19N3O2S2. The lowest BCUT2D eigenvalue weighted by molar-refractivity contribution is 0.0115. The molecule has 0 aliphatic carbocycles. The molecule has 3 heterocycles. The van der Waals surface area contributed by atoms with E-state index >= 15 is 0 Å². The van der Waals surface area contributed by atoms with E-state index in [2.05, 4.69) is 29.4 Å². The highest BCUT2D eigenvalue weighted by Crippen LogP contribution is 2.27. The summed E-state index contributed by atoms with van der Waals surface area (Å²) < 4.78 is 5.54. The average Bonchev–Trinajstić information content (AvgIpc) is 3.13. The van der Waals surface area contributed by atoms with E-state index < -0.39 is 0 Å². The maximum atomic E-state index is 12.5. The van der Waals surface area contributed by atoms with E-state index in [-0.39, 0.29) is 12.1 Å². The number of rotatable bonds is 3. The van der Waals surface area contributed by atoms with E-state index in [1.165, 1.54) is 9.75 Å². The minimum absolute atomic E-state index is 0.0489. The molecule has 0 unspecified atom stereocenters. The van der Waals surface area contributed by atoms with Crippen molar-refractivity contribution in [3.63, 3.8) is 0 Å². The first-order chi connectivity index (χ1) is 10.6.